The number of hydrogen-bond donors (Lipinski definition) is 2. The van der Waals surface area contributed by atoms with Crippen molar-refractivity contribution in [1.82, 2.24) is 10.6 Å². The van der Waals surface area contributed by atoms with Crippen LogP contribution in [0.5, 0.6) is 5.75 Å². The lowest BCUT2D eigenvalue weighted by molar-refractivity contribution is -0.120. The first-order valence-corrected chi connectivity index (χ1v) is 9.07. The zero-order chi connectivity index (χ0) is 17.0. The molecule has 1 aromatic rings. The predicted molar refractivity (Wildman–Crippen MR) is 98.4 cm³/mol. The van der Waals surface area contributed by atoms with Crippen LogP contribution in [0.1, 0.15) is 44.1 Å². The normalized spacial score (nSPS) is 14.1. The summed E-state index contributed by atoms with van der Waals surface area (Å²) in [6, 6.07) is 7.93. The summed E-state index contributed by atoms with van der Waals surface area (Å²) in [4.78, 5) is 11.9. The highest BCUT2D eigenvalue weighted by molar-refractivity contribution is 5.76. The first-order valence-electron chi connectivity index (χ1n) is 9.07. The Bertz CT molecular complexity index is 540. The molecule has 1 aromatic carbocycles. The number of amides is 1. The molecule has 4 nitrogen and oxygen atoms in total. The summed E-state index contributed by atoms with van der Waals surface area (Å²) < 4.78 is 5.32. The topological polar surface area (TPSA) is 50.4 Å². The zero-order valence-corrected chi connectivity index (χ0v) is 14.8. The Balaban J connectivity index is 1.53. The predicted octanol–water partition coefficient (Wildman–Crippen LogP) is 3.22. The number of ether oxygens (including phenoxy) is 1. The van der Waals surface area contributed by atoms with Gasteiger partial charge in [-0.15, -0.1) is 0 Å². The van der Waals surface area contributed by atoms with Gasteiger partial charge in [0.25, 0.3) is 0 Å². The summed E-state index contributed by atoms with van der Waals surface area (Å²) in [5.74, 6) is 0.986. The molecule has 0 heterocycles. The molecule has 0 fully saturated rings. The van der Waals surface area contributed by atoms with Crippen LogP contribution in [0.2, 0.25) is 0 Å². The van der Waals surface area contributed by atoms with Gasteiger partial charge < -0.3 is 15.4 Å². The minimum Gasteiger partial charge on any atom is -0.496 e. The fraction of sp³-hybridized carbons (Fsp3) is 0.550. The summed E-state index contributed by atoms with van der Waals surface area (Å²) in [6.07, 6.45) is 9.99. The molecule has 1 aliphatic rings. The van der Waals surface area contributed by atoms with Crippen molar-refractivity contribution in [3.8, 4) is 5.75 Å². The highest BCUT2D eigenvalue weighted by Gasteiger charge is 2.05. The van der Waals surface area contributed by atoms with E-state index in [2.05, 4.69) is 16.7 Å². The average molecular weight is 330 g/mol. The van der Waals surface area contributed by atoms with Crippen LogP contribution in [-0.2, 0) is 11.2 Å². The van der Waals surface area contributed by atoms with E-state index < -0.39 is 0 Å². The fourth-order valence-corrected chi connectivity index (χ4v) is 3.04. The molecule has 0 aromatic heterocycles. The molecular weight excluding hydrogens is 300 g/mol. The van der Waals surface area contributed by atoms with E-state index in [0.717, 1.165) is 37.2 Å². The highest BCUT2D eigenvalue weighted by atomic mass is 16.5. The molecule has 0 saturated heterocycles. The molecule has 0 bridgehead atoms. The van der Waals surface area contributed by atoms with Crippen molar-refractivity contribution in [2.24, 2.45) is 0 Å². The Morgan fingerprint density at radius 1 is 1.12 bits per heavy atom. The summed E-state index contributed by atoms with van der Waals surface area (Å²) in [6.45, 7) is 2.36. The van der Waals surface area contributed by atoms with Gasteiger partial charge in [0.15, 0.2) is 0 Å². The minimum absolute atomic E-state index is 0.106. The maximum absolute atomic E-state index is 11.9. The van der Waals surface area contributed by atoms with Crippen molar-refractivity contribution in [2.75, 3.05) is 26.7 Å². The molecule has 1 amide bonds. The molecule has 2 N–H and O–H groups in total. The molecule has 2 rings (SSSR count). The number of allylic oxidation sites excluding steroid dienone is 1. The van der Waals surface area contributed by atoms with Crippen molar-refractivity contribution in [2.45, 2.75) is 44.9 Å². The third-order valence-electron chi connectivity index (χ3n) is 4.45. The number of para-hydroxylation sites is 1. The maximum atomic E-state index is 11.9. The quantitative estimate of drug-likeness (QED) is 0.511. The number of methoxy groups -OCH3 is 1. The van der Waals surface area contributed by atoms with E-state index in [1.165, 1.54) is 25.7 Å². The van der Waals surface area contributed by atoms with Crippen LogP contribution in [-0.4, -0.2) is 32.7 Å². The Morgan fingerprint density at radius 3 is 2.79 bits per heavy atom. The molecule has 0 saturated carbocycles. The molecule has 132 valence electrons. The van der Waals surface area contributed by atoms with Crippen molar-refractivity contribution in [1.29, 1.82) is 0 Å². The number of hydrogen-bond acceptors (Lipinski definition) is 3. The van der Waals surface area contributed by atoms with Crippen molar-refractivity contribution in [3.63, 3.8) is 0 Å². The highest BCUT2D eigenvalue weighted by Crippen LogP contribution is 2.19. The van der Waals surface area contributed by atoms with E-state index >= 15 is 0 Å². The average Bonchev–Trinajstić information content (AvgIpc) is 2.63. The monoisotopic (exact) mass is 330 g/mol. The van der Waals surface area contributed by atoms with Gasteiger partial charge in [0.1, 0.15) is 5.75 Å². The smallest absolute Gasteiger partial charge is 0.221 e. The number of rotatable bonds is 10. The molecule has 0 unspecified atom stereocenters. The number of carbonyl (C=O) groups excluding carboxylic acids is 1. The number of nitrogens with one attached hydrogen (secondary N) is 2. The van der Waals surface area contributed by atoms with Gasteiger partial charge in [-0.1, -0.05) is 29.8 Å². The molecule has 0 atom stereocenters. The Morgan fingerprint density at radius 2 is 2.00 bits per heavy atom. The second-order valence-corrected chi connectivity index (χ2v) is 6.27. The van der Waals surface area contributed by atoms with E-state index in [4.69, 9.17) is 4.74 Å². The van der Waals surface area contributed by atoms with Crippen LogP contribution in [0.25, 0.3) is 0 Å². The summed E-state index contributed by atoms with van der Waals surface area (Å²) in [5, 5.41) is 6.35. The molecule has 0 radical (unpaired) electrons. The molecule has 0 spiro atoms. The molecule has 0 aliphatic heterocycles. The van der Waals surface area contributed by atoms with Gasteiger partial charge in [-0.05, 0) is 56.7 Å². The van der Waals surface area contributed by atoms with E-state index in [1.807, 2.05) is 24.3 Å². The van der Waals surface area contributed by atoms with Crippen LogP contribution in [0, 0.1) is 0 Å². The second-order valence-electron chi connectivity index (χ2n) is 6.27. The molecular formula is C20H30N2O2. The van der Waals surface area contributed by atoms with Crippen LogP contribution >= 0.6 is 0 Å². The second kappa shape index (κ2) is 10.9. The van der Waals surface area contributed by atoms with Gasteiger partial charge in [-0.2, -0.15) is 0 Å². The van der Waals surface area contributed by atoms with Crippen LogP contribution in [0.15, 0.2) is 35.9 Å². The summed E-state index contributed by atoms with van der Waals surface area (Å²) >= 11 is 0. The molecule has 1 aliphatic carbocycles. The largest absolute Gasteiger partial charge is 0.496 e. The molecule has 24 heavy (non-hydrogen) atoms. The number of carbonyl (C=O) groups is 1. The Kier molecular flexibility index (Phi) is 8.39. The van der Waals surface area contributed by atoms with Gasteiger partial charge in [0.05, 0.1) is 7.11 Å². The third kappa shape index (κ3) is 6.75. The van der Waals surface area contributed by atoms with Crippen molar-refractivity contribution in [3.05, 3.63) is 41.5 Å². The van der Waals surface area contributed by atoms with Gasteiger partial charge in [-0.25, -0.2) is 0 Å². The lowest BCUT2D eigenvalue weighted by Gasteiger charge is -2.13. The fourth-order valence-electron chi connectivity index (χ4n) is 3.04. The van der Waals surface area contributed by atoms with E-state index in [1.54, 1.807) is 12.7 Å². The van der Waals surface area contributed by atoms with Gasteiger partial charge in [0, 0.05) is 19.5 Å². The lowest BCUT2D eigenvalue weighted by Crippen LogP contribution is -2.29. The zero-order valence-electron chi connectivity index (χ0n) is 14.8. The minimum atomic E-state index is 0.106. The van der Waals surface area contributed by atoms with Crippen LogP contribution < -0.4 is 15.4 Å². The first-order chi connectivity index (χ1) is 11.8. The number of benzene rings is 1. The van der Waals surface area contributed by atoms with E-state index in [0.29, 0.717) is 13.0 Å². The van der Waals surface area contributed by atoms with Crippen LogP contribution in [0.3, 0.4) is 0 Å². The van der Waals surface area contributed by atoms with E-state index in [-0.39, 0.29) is 5.91 Å². The van der Waals surface area contributed by atoms with Gasteiger partial charge >= 0.3 is 0 Å². The standard InChI is InChI=1S/C20H30N2O2/c1-24-19-10-6-5-9-18(19)12-16-22-20(23)13-15-21-14-11-17-7-3-2-4-8-17/h5-7,9-10,21H,2-4,8,11-16H2,1H3,(H,22,23). The SMILES string of the molecule is COc1ccccc1CCNC(=O)CCNCCC1=CCCCC1. The van der Waals surface area contributed by atoms with Crippen LogP contribution in [0.4, 0.5) is 0 Å². The van der Waals surface area contributed by atoms with Gasteiger partial charge in [0.2, 0.25) is 5.91 Å². The lowest BCUT2D eigenvalue weighted by atomic mass is 9.97. The van der Waals surface area contributed by atoms with Crippen molar-refractivity contribution >= 4 is 5.91 Å². The molecule has 4 heteroatoms. The summed E-state index contributed by atoms with van der Waals surface area (Å²) in [5.41, 5.74) is 2.70. The van der Waals surface area contributed by atoms with E-state index in [9.17, 15) is 4.79 Å². The Hall–Kier alpha value is -1.81. The third-order valence-corrected chi connectivity index (χ3v) is 4.45. The van der Waals surface area contributed by atoms with Crippen molar-refractivity contribution < 1.29 is 9.53 Å². The summed E-state index contributed by atoms with van der Waals surface area (Å²) in [7, 11) is 1.67. The van der Waals surface area contributed by atoms with Gasteiger partial charge in [-0.3, -0.25) is 4.79 Å². The Labute approximate surface area is 145 Å². The first kappa shape index (κ1) is 18.5. The maximum Gasteiger partial charge on any atom is 0.221 e.